The standard InChI is InChI=1S/C13H26F3NO4S2/c1-2-3-4-5-6-7-8-9-10-11-12-22(18,19)17-23(20,21)13(14,15)16/h17H,2-12H2,1H3. The van der Waals surface area contributed by atoms with Crippen molar-refractivity contribution < 1.29 is 30.0 Å². The quantitative estimate of drug-likeness (QED) is 0.494. The van der Waals surface area contributed by atoms with Crippen LogP contribution in [0.1, 0.15) is 71.1 Å². The van der Waals surface area contributed by atoms with Crippen LogP contribution in [0.25, 0.3) is 0 Å². The van der Waals surface area contributed by atoms with Crippen LogP contribution in [0.4, 0.5) is 13.2 Å². The molecule has 0 fully saturated rings. The minimum Gasteiger partial charge on any atom is -0.211 e. The Bertz CT molecular complexity index is 516. The van der Waals surface area contributed by atoms with Crippen molar-refractivity contribution in [1.29, 1.82) is 0 Å². The lowest BCUT2D eigenvalue weighted by atomic mass is 10.1. The van der Waals surface area contributed by atoms with E-state index in [1.807, 2.05) is 0 Å². The monoisotopic (exact) mass is 381 g/mol. The Morgan fingerprint density at radius 2 is 1.13 bits per heavy atom. The molecule has 1 N–H and O–H groups in total. The predicted molar refractivity (Wildman–Crippen MR) is 83.7 cm³/mol. The molecule has 0 aromatic rings. The van der Waals surface area contributed by atoms with Gasteiger partial charge in [-0.05, 0) is 6.42 Å². The van der Waals surface area contributed by atoms with Gasteiger partial charge in [0.25, 0.3) is 0 Å². The first-order valence-corrected chi connectivity index (χ1v) is 11.0. The average molecular weight is 381 g/mol. The van der Waals surface area contributed by atoms with Gasteiger partial charge in [0.15, 0.2) is 0 Å². The number of alkyl halides is 3. The van der Waals surface area contributed by atoms with Crippen LogP contribution in [0, 0.1) is 0 Å². The number of sulfonamides is 2. The van der Waals surface area contributed by atoms with Crippen LogP contribution in [0.15, 0.2) is 0 Å². The summed E-state index contributed by atoms with van der Waals surface area (Å²) >= 11 is 0. The van der Waals surface area contributed by atoms with E-state index >= 15 is 0 Å². The highest BCUT2D eigenvalue weighted by Crippen LogP contribution is 2.22. The molecule has 0 aromatic carbocycles. The Balaban J connectivity index is 3.84. The maximum absolute atomic E-state index is 12.1. The lowest BCUT2D eigenvalue weighted by molar-refractivity contribution is -0.0441. The van der Waals surface area contributed by atoms with Gasteiger partial charge < -0.3 is 0 Å². The van der Waals surface area contributed by atoms with Gasteiger partial charge in [0, 0.05) is 0 Å². The molecule has 0 aliphatic heterocycles. The van der Waals surface area contributed by atoms with E-state index in [2.05, 4.69) is 6.92 Å². The summed E-state index contributed by atoms with van der Waals surface area (Å²) in [6.07, 6.45) is 9.41. The Morgan fingerprint density at radius 1 is 0.739 bits per heavy atom. The molecular weight excluding hydrogens is 355 g/mol. The summed E-state index contributed by atoms with van der Waals surface area (Å²) < 4.78 is 81.1. The first-order valence-electron chi connectivity index (χ1n) is 7.84. The number of nitrogens with one attached hydrogen (secondary N) is 1. The SMILES string of the molecule is CCCCCCCCCCCCS(=O)(=O)NS(=O)(=O)C(F)(F)F. The number of halogens is 3. The topological polar surface area (TPSA) is 80.3 Å². The zero-order valence-electron chi connectivity index (χ0n) is 13.4. The Kier molecular flexibility index (Phi) is 10.3. The van der Waals surface area contributed by atoms with Gasteiger partial charge in [0.05, 0.1) is 5.75 Å². The molecule has 0 unspecified atom stereocenters. The molecule has 0 aromatic heterocycles. The smallest absolute Gasteiger partial charge is 0.211 e. The minimum atomic E-state index is -5.86. The van der Waals surface area contributed by atoms with Crippen molar-refractivity contribution in [3.05, 3.63) is 0 Å². The second-order valence-corrected chi connectivity index (χ2v) is 9.31. The highest BCUT2D eigenvalue weighted by molar-refractivity contribution is 8.05. The van der Waals surface area contributed by atoms with Crippen molar-refractivity contribution in [2.75, 3.05) is 5.75 Å². The van der Waals surface area contributed by atoms with Crippen molar-refractivity contribution in [1.82, 2.24) is 4.13 Å². The number of hydrogen-bond acceptors (Lipinski definition) is 4. The molecule has 0 saturated heterocycles. The Hall–Kier alpha value is -0.350. The molecule has 0 spiro atoms. The number of hydrogen-bond donors (Lipinski definition) is 1. The number of rotatable bonds is 13. The second kappa shape index (κ2) is 10.5. The molecule has 0 aliphatic carbocycles. The second-order valence-electron chi connectivity index (χ2n) is 5.53. The van der Waals surface area contributed by atoms with E-state index in [0.29, 0.717) is 6.42 Å². The minimum absolute atomic E-state index is 0.137. The maximum Gasteiger partial charge on any atom is 0.512 e. The lowest BCUT2D eigenvalue weighted by Gasteiger charge is -2.10. The molecule has 0 heterocycles. The highest BCUT2D eigenvalue weighted by atomic mass is 32.3. The van der Waals surface area contributed by atoms with Crippen LogP contribution in [0.3, 0.4) is 0 Å². The van der Waals surface area contributed by atoms with Crippen molar-refractivity contribution in [3.8, 4) is 0 Å². The van der Waals surface area contributed by atoms with Gasteiger partial charge in [-0.2, -0.15) is 13.2 Å². The van der Waals surface area contributed by atoms with Crippen LogP contribution >= 0.6 is 0 Å². The largest absolute Gasteiger partial charge is 0.512 e. The molecular formula is C13H26F3NO4S2. The van der Waals surface area contributed by atoms with E-state index < -0.39 is 31.3 Å². The van der Waals surface area contributed by atoms with E-state index in [-0.39, 0.29) is 6.42 Å². The fraction of sp³-hybridized carbons (Fsp3) is 1.00. The molecule has 10 heteroatoms. The number of unbranched alkanes of at least 4 members (excludes halogenated alkanes) is 9. The summed E-state index contributed by atoms with van der Waals surface area (Å²) in [5.74, 6) is -0.626. The van der Waals surface area contributed by atoms with E-state index in [1.165, 1.54) is 25.7 Å². The fourth-order valence-electron chi connectivity index (χ4n) is 2.04. The fourth-order valence-corrected chi connectivity index (χ4v) is 4.67. The van der Waals surface area contributed by atoms with Crippen LogP contribution in [-0.2, 0) is 20.0 Å². The van der Waals surface area contributed by atoms with E-state index in [0.717, 1.165) is 29.8 Å². The van der Waals surface area contributed by atoms with Crippen molar-refractivity contribution in [2.45, 2.75) is 76.6 Å². The van der Waals surface area contributed by atoms with E-state index in [1.54, 1.807) is 0 Å². The highest BCUT2D eigenvalue weighted by Gasteiger charge is 2.48. The summed E-state index contributed by atoms with van der Waals surface area (Å²) in [5, 5.41) is 0. The third-order valence-electron chi connectivity index (χ3n) is 3.31. The van der Waals surface area contributed by atoms with Gasteiger partial charge in [-0.1, -0.05) is 64.7 Å². The summed E-state index contributed by atoms with van der Waals surface area (Å²) in [5.41, 5.74) is -5.63. The molecule has 0 bridgehead atoms. The molecule has 0 aliphatic rings. The van der Waals surface area contributed by atoms with Gasteiger partial charge >= 0.3 is 15.5 Å². The normalized spacial score (nSPS) is 13.4. The van der Waals surface area contributed by atoms with E-state index in [4.69, 9.17) is 0 Å². The Morgan fingerprint density at radius 3 is 1.52 bits per heavy atom. The van der Waals surface area contributed by atoms with Crippen LogP contribution < -0.4 is 4.13 Å². The summed E-state index contributed by atoms with van der Waals surface area (Å²) in [6, 6.07) is 0. The molecule has 23 heavy (non-hydrogen) atoms. The maximum atomic E-state index is 12.1. The molecule has 0 radical (unpaired) electrons. The summed E-state index contributed by atoms with van der Waals surface area (Å²) in [7, 11) is -10.3. The van der Waals surface area contributed by atoms with E-state index in [9.17, 15) is 30.0 Å². The van der Waals surface area contributed by atoms with Crippen LogP contribution in [0.5, 0.6) is 0 Å². The molecule has 0 amide bonds. The van der Waals surface area contributed by atoms with Crippen LogP contribution in [0.2, 0.25) is 0 Å². The molecule has 5 nitrogen and oxygen atoms in total. The van der Waals surface area contributed by atoms with Crippen molar-refractivity contribution in [2.24, 2.45) is 0 Å². The summed E-state index contributed by atoms with van der Waals surface area (Å²) in [6.45, 7) is 2.14. The third-order valence-corrected chi connectivity index (χ3v) is 6.64. The van der Waals surface area contributed by atoms with Gasteiger partial charge in [-0.25, -0.2) is 16.8 Å². The molecule has 140 valence electrons. The van der Waals surface area contributed by atoms with Gasteiger partial charge in [0.2, 0.25) is 10.0 Å². The average Bonchev–Trinajstić information content (AvgIpc) is 2.38. The Labute approximate surface area is 137 Å². The lowest BCUT2D eigenvalue weighted by Crippen LogP contribution is -2.41. The van der Waals surface area contributed by atoms with Crippen molar-refractivity contribution in [3.63, 3.8) is 0 Å². The predicted octanol–water partition coefficient (Wildman–Crippen LogP) is 3.68. The zero-order chi connectivity index (χ0) is 18.0. The van der Waals surface area contributed by atoms with Gasteiger partial charge in [0.1, 0.15) is 0 Å². The van der Waals surface area contributed by atoms with Crippen molar-refractivity contribution >= 4 is 20.0 Å². The molecule has 0 saturated carbocycles. The molecule has 0 atom stereocenters. The third kappa shape index (κ3) is 10.9. The zero-order valence-corrected chi connectivity index (χ0v) is 15.0. The first-order chi connectivity index (χ1) is 10.5. The van der Waals surface area contributed by atoms with Gasteiger partial charge in [-0.15, -0.1) is 4.13 Å². The first kappa shape index (κ1) is 22.6. The summed E-state index contributed by atoms with van der Waals surface area (Å²) in [4.78, 5) is 0. The molecule has 0 rings (SSSR count). The van der Waals surface area contributed by atoms with Gasteiger partial charge in [-0.3, -0.25) is 0 Å². The van der Waals surface area contributed by atoms with Crippen LogP contribution in [-0.4, -0.2) is 28.1 Å².